The molecule has 6 nitrogen and oxygen atoms in total. The zero-order valence-corrected chi connectivity index (χ0v) is 19.2. The van der Waals surface area contributed by atoms with Crippen molar-refractivity contribution in [1.82, 2.24) is 5.43 Å². The maximum atomic E-state index is 12.8. The number of carbonyl (C=O) groups is 2. The normalized spacial score (nSPS) is 14.6. The molecule has 1 aliphatic heterocycles. The molecule has 2 amide bonds. The van der Waals surface area contributed by atoms with Crippen LogP contribution in [0, 0.1) is 6.92 Å². The quantitative estimate of drug-likeness (QED) is 0.396. The third-order valence-electron chi connectivity index (χ3n) is 5.10. The Balaban J connectivity index is 1.60. The number of nitrogens with one attached hydrogen (secondary N) is 1. The van der Waals surface area contributed by atoms with Gasteiger partial charge in [0.2, 0.25) is 0 Å². The van der Waals surface area contributed by atoms with Gasteiger partial charge in [-0.2, -0.15) is 0 Å². The number of hydrogen-bond acceptors (Lipinski definition) is 4. The summed E-state index contributed by atoms with van der Waals surface area (Å²) in [6, 6.07) is 20.5. The molecule has 1 fully saturated rings. The molecular formula is C25H21BrN2O4. The molecule has 0 atom stereocenters. The third kappa shape index (κ3) is 4.38. The van der Waals surface area contributed by atoms with Crippen molar-refractivity contribution < 1.29 is 19.1 Å². The number of carbonyl (C=O) groups excluding carboxylic acids is 2. The molecule has 3 aromatic rings. The van der Waals surface area contributed by atoms with E-state index in [9.17, 15) is 9.59 Å². The van der Waals surface area contributed by atoms with Gasteiger partial charge < -0.3 is 9.47 Å². The van der Waals surface area contributed by atoms with Gasteiger partial charge in [0.1, 0.15) is 12.2 Å². The minimum absolute atomic E-state index is 0.0383. The van der Waals surface area contributed by atoms with Gasteiger partial charge in [0, 0.05) is 0 Å². The number of aryl methyl sites for hydroxylation is 1. The SMILES string of the molecule is COc1cc(C=C2C(=O)NN(c3ccccc3)C2=O)cc(Br)c1OCc1ccccc1C. The number of benzene rings is 3. The first kappa shape index (κ1) is 21.6. The van der Waals surface area contributed by atoms with Gasteiger partial charge in [0.05, 0.1) is 17.3 Å². The number of amides is 2. The molecule has 1 aliphatic rings. The van der Waals surface area contributed by atoms with Gasteiger partial charge in [-0.05, 0) is 69.9 Å². The first-order chi connectivity index (χ1) is 15.5. The molecule has 32 heavy (non-hydrogen) atoms. The standard InChI is InChI=1S/C25H21BrN2O4/c1-16-8-6-7-9-18(16)15-32-23-21(26)13-17(14-22(23)31-2)12-20-24(29)27-28(25(20)30)19-10-4-3-5-11-19/h3-14H,15H2,1-2H3,(H,27,29). The van der Waals surface area contributed by atoms with Gasteiger partial charge in [-0.1, -0.05) is 42.5 Å². The molecule has 3 aromatic carbocycles. The summed E-state index contributed by atoms with van der Waals surface area (Å²) in [6.07, 6.45) is 1.54. The van der Waals surface area contributed by atoms with E-state index >= 15 is 0 Å². The number of rotatable bonds is 6. The Hall–Kier alpha value is -3.58. The fourth-order valence-corrected chi connectivity index (χ4v) is 3.94. The lowest BCUT2D eigenvalue weighted by Crippen LogP contribution is -2.35. The van der Waals surface area contributed by atoms with Gasteiger partial charge in [0.15, 0.2) is 11.5 Å². The largest absolute Gasteiger partial charge is 0.493 e. The number of para-hydroxylation sites is 1. The molecule has 1 heterocycles. The van der Waals surface area contributed by atoms with Crippen molar-refractivity contribution in [2.24, 2.45) is 0 Å². The Kier molecular flexibility index (Phi) is 6.28. The second kappa shape index (κ2) is 9.28. The van der Waals surface area contributed by atoms with Crippen LogP contribution in [0.3, 0.4) is 0 Å². The molecule has 0 saturated carbocycles. The Morgan fingerprint density at radius 3 is 2.47 bits per heavy atom. The molecule has 1 N–H and O–H groups in total. The van der Waals surface area contributed by atoms with Crippen LogP contribution in [0.4, 0.5) is 5.69 Å². The number of ether oxygens (including phenoxy) is 2. The lowest BCUT2D eigenvalue weighted by Gasteiger charge is -2.15. The number of nitrogens with zero attached hydrogens (tertiary/aromatic N) is 1. The van der Waals surface area contributed by atoms with Crippen molar-refractivity contribution in [2.45, 2.75) is 13.5 Å². The first-order valence-corrected chi connectivity index (χ1v) is 10.7. The zero-order valence-electron chi connectivity index (χ0n) is 17.6. The number of hydrogen-bond donors (Lipinski definition) is 1. The van der Waals surface area contributed by atoms with Gasteiger partial charge in [-0.25, -0.2) is 5.01 Å². The maximum Gasteiger partial charge on any atom is 0.282 e. The molecule has 0 aliphatic carbocycles. The van der Waals surface area contributed by atoms with Crippen LogP contribution in [0.25, 0.3) is 6.08 Å². The topological polar surface area (TPSA) is 67.9 Å². The molecule has 162 valence electrons. The average Bonchev–Trinajstić information content (AvgIpc) is 3.08. The number of methoxy groups -OCH3 is 1. The van der Waals surface area contributed by atoms with Crippen molar-refractivity contribution >= 4 is 39.5 Å². The van der Waals surface area contributed by atoms with Crippen LogP contribution in [0.15, 0.2) is 76.8 Å². The minimum atomic E-state index is -0.464. The molecular weight excluding hydrogens is 472 g/mol. The fourth-order valence-electron chi connectivity index (χ4n) is 3.37. The molecule has 0 bridgehead atoms. The highest BCUT2D eigenvalue weighted by Gasteiger charge is 2.34. The predicted octanol–water partition coefficient (Wildman–Crippen LogP) is 4.81. The highest BCUT2D eigenvalue weighted by atomic mass is 79.9. The van der Waals surface area contributed by atoms with E-state index in [4.69, 9.17) is 9.47 Å². The van der Waals surface area contributed by atoms with E-state index in [-0.39, 0.29) is 5.57 Å². The predicted molar refractivity (Wildman–Crippen MR) is 126 cm³/mol. The van der Waals surface area contributed by atoms with Crippen LogP contribution in [-0.2, 0) is 16.2 Å². The molecule has 7 heteroatoms. The summed E-state index contributed by atoms with van der Waals surface area (Å²) in [6.45, 7) is 2.41. The Morgan fingerprint density at radius 2 is 1.75 bits per heavy atom. The molecule has 4 rings (SSSR count). The Morgan fingerprint density at radius 1 is 1.03 bits per heavy atom. The van der Waals surface area contributed by atoms with Crippen LogP contribution >= 0.6 is 15.9 Å². The van der Waals surface area contributed by atoms with Crippen LogP contribution in [0.1, 0.15) is 16.7 Å². The van der Waals surface area contributed by atoms with E-state index in [2.05, 4.69) is 21.4 Å². The van der Waals surface area contributed by atoms with Gasteiger partial charge >= 0.3 is 0 Å². The van der Waals surface area contributed by atoms with Gasteiger partial charge in [0.25, 0.3) is 11.8 Å². The summed E-state index contributed by atoms with van der Waals surface area (Å²) in [5.74, 6) is 0.154. The van der Waals surface area contributed by atoms with Crippen molar-refractivity contribution in [3.05, 3.63) is 93.5 Å². The smallest absolute Gasteiger partial charge is 0.282 e. The molecule has 1 saturated heterocycles. The molecule has 0 spiro atoms. The van der Waals surface area contributed by atoms with Crippen LogP contribution in [0.5, 0.6) is 11.5 Å². The van der Waals surface area contributed by atoms with Crippen molar-refractivity contribution in [3.8, 4) is 11.5 Å². The lowest BCUT2D eigenvalue weighted by molar-refractivity contribution is -0.117. The second-order valence-corrected chi connectivity index (χ2v) is 8.08. The Labute approximate surface area is 194 Å². The van der Waals surface area contributed by atoms with Crippen LogP contribution in [0.2, 0.25) is 0 Å². The maximum absolute atomic E-state index is 12.8. The van der Waals surface area contributed by atoms with E-state index in [1.807, 2.05) is 37.3 Å². The highest BCUT2D eigenvalue weighted by Crippen LogP contribution is 2.38. The van der Waals surface area contributed by atoms with Gasteiger partial charge in [-0.15, -0.1) is 0 Å². The van der Waals surface area contributed by atoms with Crippen molar-refractivity contribution in [3.63, 3.8) is 0 Å². The summed E-state index contributed by atoms with van der Waals surface area (Å²) in [4.78, 5) is 25.3. The van der Waals surface area contributed by atoms with E-state index in [1.54, 1.807) is 49.6 Å². The average molecular weight is 493 g/mol. The van der Waals surface area contributed by atoms with Crippen molar-refractivity contribution in [1.29, 1.82) is 0 Å². The first-order valence-electron chi connectivity index (χ1n) is 9.95. The van der Waals surface area contributed by atoms with Gasteiger partial charge in [-0.3, -0.25) is 15.0 Å². The summed E-state index contributed by atoms with van der Waals surface area (Å²) in [5, 5.41) is 1.24. The molecule has 0 radical (unpaired) electrons. The fraction of sp³-hybridized carbons (Fsp3) is 0.120. The van der Waals surface area contributed by atoms with E-state index < -0.39 is 11.8 Å². The third-order valence-corrected chi connectivity index (χ3v) is 5.69. The van der Waals surface area contributed by atoms with Crippen molar-refractivity contribution in [2.75, 3.05) is 12.1 Å². The van der Waals surface area contributed by atoms with Crippen LogP contribution in [-0.4, -0.2) is 18.9 Å². The molecule has 0 aromatic heterocycles. The summed E-state index contributed by atoms with van der Waals surface area (Å²) < 4.78 is 12.2. The summed E-state index contributed by atoms with van der Waals surface area (Å²) in [5.41, 5.74) is 6.06. The number of anilines is 1. The Bertz CT molecular complexity index is 1210. The van der Waals surface area contributed by atoms with Crippen LogP contribution < -0.4 is 19.9 Å². The monoisotopic (exact) mass is 492 g/mol. The second-order valence-electron chi connectivity index (χ2n) is 7.22. The van der Waals surface area contributed by atoms with E-state index in [0.717, 1.165) is 11.1 Å². The summed E-state index contributed by atoms with van der Waals surface area (Å²) in [7, 11) is 1.55. The lowest BCUT2D eigenvalue weighted by atomic mass is 10.1. The zero-order chi connectivity index (χ0) is 22.7. The minimum Gasteiger partial charge on any atom is -0.493 e. The highest BCUT2D eigenvalue weighted by molar-refractivity contribution is 9.10. The number of hydrazine groups is 1. The summed E-state index contributed by atoms with van der Waals surface area (Å²) >= 11 is 3.53. The van der Waals surface area contributed by atoms with E-state index in [0.29, 0.717) is 33.8 Å². The van der Waals surface area contributed by atoms with E-state index in [1.165, 1.54) is 5.01 Å². The number of halogens is 1. The molecule has 0 unspecified atom stereocenters.